The van der Waals surface area contributed by atoms with Gasteiger partial charge in [0.25, 0.3) is 0 Å². The molecule has 0 spiro atoms. The molecule has 114 valence electrons. The lowest BCUT2D eigenvalue weighted by molar-refractivity contribution is 0.563. The Balaban J connectivity index is 3.13. The Bertz CT molecular complexity index is 683. The quantitative estimate of drug-likeness (QED) is 0.887. The molecule has 0 fully saturated rings. The Hall–Kier alpha value is -0.920. The van der Waals surface area contributed by atoms with Crippen molar-refractivity contribution in [2.45, 2.75) is 38.6 Å². The van der Waals surface area contributed by atoms with Crippen molar-refractivity contribution < 1.29 is 16.8 Å². The highest BCUT2D eigenvalue weighted by atomic mass is 32.2. The van der Waals surface area contributed by atoms with Crippen LogP contribution in [-0.4, -0.2) is 34.9 Å². The first-order valence-corrected chi connectivity index (χ1v) is 9.74. The van der Waals surface area contributed by atoms with Gasteiger partial charge < -0.3 is 0 Å². The van der Waals surface area contributed by atoms with E-state index < -0.39 is 25.9 Å². The van der Waals surface area contributed by atoms with Gasteiger partial charge in [0.2, 0.25) is 10.0 Å². The highest BCUT2D eigenvalue weighted by molar-refractivity contribution is 7.91. The van der Waals surface area contributed by atoms with Crippen LogP contribution in [0.1, 0.15) is 23.6 Å². The minimum absolute atomic E-state index is 0.225. The van der Waals surface area contributed by atoms with Crippen LogP contribution < -0.4 is 4.72 Å². The topological polar surface area (TPSA) is 80.3 Å². The maximum atomic E-state index is 12.4. The summed E-state index contributed by atoms with van der Waals surface area (Å²) in [7, 11) is -6.96. The van der Waals surface area contributed by atoms with E-state index in [1.165, 1.54) is 6.92 Å². The van der Waals surface area contributed by atoms with Gasteiger partial charge in [0.15, 0.2) is 0 Å². The van der Waals surface area contributed by atoms with E-state index in [0.717, 1.165) is 11.8 Å². The number of nitrogens with one attached hydrogen (secondary N) is 1. The second-order valence-corrected chi connectivity index (χ2v) is 9.18. The monoisotopic (exact) mass is 319 g/mol. The molecule has 0 aliphatic heterocycles. The number of benzene rings is 1. The average molecular weight is 319 g/mol. The lowest BCUT2D eigenvalue weighted by atomic mass is 10.1. The number of aryl methyl sites for hydroxylation is 3. The van der Waals surface area contributed by atoms with E-state index in [2.05, 4.69) is 4.72 Å². The molecule has 1 N–H and O–H groups in total. The van der Waals surface area contributed by atoms with E-state index in [-0.39, 0.29) is 10.6 Å². The van der Waals surface area contributed by atoms with Gasteiger partial charge in [-0.25, -0.2) is 21.6 Å². The smallest absolute Gasteiger partial charge is 0.229 e. The summed E-state index contributed by atoms with van der Waals surface area (Å²) in [5.41, 5.74) is 2.30. The maximum absolute atomic E-state index is 12.4. The molecule has 5 nitrogen and oxygen atoms in total. The van der Waals surface area contributed by atoms with Crippen molar-refractivity contribution in [1.82, 2.24) is 4.72 Å². The van der Waals surface area contributed by atoms with Crippen LogP contribution in [0.5, 0.6) is 0 Å². The van der Waals surface area contributed by atoms with Gasteiger partial charge >= 0.3 is 0 Å². The zero-order valence-corrected chi connectivity index (χ0v) is 14.0. The molecule has 0 amide bonds. The molecule has 1 atom stereocenters. The molecule has 0 aliphatic rings. The molecule has 0 unspecified atom stereocenters. The summed E-state index contributed by atoms with van der Waals surface area (Å²) in [6, 6.07) is 2.92. The zero-order valence-electron chi connectivity index (χ0n) is 12.4. The van der Waals surface area contributed by atoms with Crippen molar-refractivity contribution in [3.63, 3.8) is 0 Å². The van der Waals surface area contributed by atoms with Gasteiger partial charge in [-0.2, -0.15) is 0 Å². The van der Waals surface area contributed by atoms with Gasteiger partial charge in [0.05, 0.1) is 10.6 Å². The molecular weight excluding hydrogens is 298 g/mol. The van der Waals surface area contributed by atoms with Gasteiger partial charge in [0.1, 0.15) is 9.84 Å². The van der Waals surface area contributed by atoms with Crippen LogP contribution in [0.2, 0.25) is 0 Å². The third kappa shape index (κ3) is 4.57. The molecule has 20 heavy (non-hydrogen) atoms. The van der Waals surface area contributed by atoms with E-state index in [0.29, 0.717) is 11.1 Å². The van der Waals surface area contributed by atoms with Crippen LogP contribution in [0.25, 0.3) is 0 Å². The van der Waals surface area contributed by atoms with Crippen LogP contribution in [-0.2, 0) is 19.9 Å². The summed E-state index contributed by atoms with van der Waals surface area (Å²) in [5, 5.41) is 0. The highest BCUT2D eigenvalue weighted by Crippen LogP contribution is 2.21. The molecule has 0 heterocycles. The summed E-state index contributed by atoms with van der Waals surface area (Å²) in [6.45, 7) is 6.90. The lowest BCUT2D eigenvalue weighted by Crippen LogP contribution is -2.37. The summed E-state index contributed by atoms with van der Waals surface area (Å²) in [4.78, 5) is 0.225. The predicted octanol–water partition coefficient (Wildman–Crippen LogP) is 1.32. The number of hydrogen-bond acceptors (Lipinski definition) is 4. The maximum Gasteiger partial charge on any atom is 0.241 e. The predicted molar refractivity (Wildman–Crippen MR) is 80.1 cm³/mol. The van der Waals surface area contributed by atoms with Crippen LogP contribution in [0.3, 0.4) is 0 Å². The molecule has 0 saturated heterocycles. The number of rotatable bonds is 5. The first-order chi connectivity index (χ1) is 8.92. The summed E-state index contributed by atoms with van der Waals surface area (Å²) in [6.07, 6.45) is 1.08. The van der Waals surface area contributed by atoms with Crippen molar-refractivity contribution in [2.24, 2.45) is 0 Å². The first-order valence-electron chi connectivity index (χ1n) is 6.20. The Morgan fingerprint density at radius 1 is 1.05 bits per heavy atom. The third-order valence-corrected chi connectivity index (χ3v) is 5.78. The van der Waals surface area contributed by atoms with Crippen molar-refractivity contribution in [3.05, 3.63) is 28.8 Å². The molecule has 0 aliphatic carbocycles. The fraction of sp³-hybridized carbons (Fsp3) is 0.538. The van der Waals surface area contributed by atoms with Crippen molar-refractivity contribution in [2.75, 3.05) is 12.0 Å². The first kappa shape index (κ1) is 17.1. The molecular formula is C13H21NO4S2. The summed E-state index contributed by atoms with van der Waals surface area (Å²) < 4.78 is 49.6. The standard InChI is InChI=1S/C13H21NO4S2/c1-9-6-10(2)13(11(3)7-9)20(17,18)14-12(4)8-19(5,15)16/h6-7,12,14H,8H2,1-5H3/t12-/m1/s1. The van der Waals surface area contributed by atoms with Crippen LogP contribution in [0.15, 0.2) is 17.0 Å². The van der Waals surface area contributed by atoms with Crippen LogP contribution in [0, 0.1) is 20.8 Å². The summed E-state index contributed by atoms with van der Waals surface area (Å²) in [5.74, 6) is -0.226. The largest absolute Gasteiger partial charge is 0.241 e. The van der Waals surface area contributed by atoms with Gasteiger partial charge in [0, 0.05) is 12.3 Å². The zero-order chi connectivity index (χ0) is 15.7. The van der Waals surface area contributed by atoms with Gasteiger partial charge in [-0.1, -0.05) is 17.7 Å². The van der Waals surface area contributed by atoms with Gasteiger partial charge in [-0.3, -0.25) is 0 Å². The van der Waals surface area contributed by atoms with E-state index in [9.17, 15) is 16.8 Å². The van der Waals surface area contributed by atoms with Crippen LogP contribution in [0.4, 0.5) is 0 Å². The number of sulfonamides is 1. The van der Waals surface area contributed by atoms with Gasteiger partial charge in [-0.05, 0) is 38.8 Å². The van der Waals surface area contributed by atoms with Crippen molar-refractivity contribution in [3.8, 4) is 0 Å². The van der Waals surface area contributed by atoms with Crippen molar-refractivity contribution in [1.29, 1.82) is 0 Å². The Kier molecular flexibility index (Phi) is 4.99. The Morgan fingerprint density at radius 3 is 1.90 bits per heavy atom. The summed E-state index contributed by atoms with van der Waals surface area (Å²) >= 11 is 0. The molecule has 1 rings (SSSR count). The fourth-order valence-electron chi connectivity index (χ4n) is 2.40. The van der Waals surface area contributed by atoms with Crippen molar-refractivity contribution >= 4 is 19.9 Å². The average Bonchev–Trinajstić information content (AvgIpc) is 2.08. The van der Waals surface area contributed by atoms with E-state index in [4.69, 9.17) is 0 Å². The third-order valence-electron chi connectivity index (χ3n) is 2.78. The molecule has 1 aromatic rings. The van der Waals surface area contributed by atoms with Crippen LogP contribution >= 0.6 is 0 Å². The van der Waals surface area contributed by atoms with E-state index in [1.807, 2.05) is 6.92 Å². The van der Waals surface area contributed by atoms with E-state index in [1.54, 1.807) is 26.0 Å². The minimum atomic E-state index is -3.72. The fourth-order valence-corrected chi connectivity index (χ4v) is 5.20. The molecule has 0 bridgehead atoms. The Morgan fingerprint density at radius 2 is 1.50 bits per heavy atom. The second-order valence-electron chi connectivity index (χ2n) is 5.34. The number of sulfone groups is 1. The van der Waals surface area contributed by atoms with E-state index >= 15 is 0 Å². The minimum Gasteiger partial charge on any atom is -0.229 e. The number of hydrogen-bond donors (Lipinski definition) is 1. The Labute approximate surface area is 121 Å². The lowest BCUT2D eigenvalue weighted by Gasteiger charge is -2.16. The SMILES string of the molecule is Cc1cc(C)c(S(=O)(=O)N[C@H](C)CS(C)(=O)=O)c(C)c1. The van der Waals surface area contributed by atoms with Gasteiger partial charge in [-0.15, -0.1) is 0 Å². The molecule has 1 aromatic carbocycles. The normalized spacial score (nSPS) is 14.2. The molecule has 0 saturated carbocycles. The molecule has 7 heteroatoms. The highest BCUT2D eigenvalue weighted by Gasteiger charge is 2.23. The second kappa shape index (κ2) is 5.83. The molecule has 0 radical (unpaired) electrons. The molecule has 0 aromatic heterocycles.